The van der Waals surface area contributed by atoms with Crippen LogP contribution in [0.3, 0.4) is 0 Å². The fraction of sp³-hybridized carbons (Fsp3) is 0.417. The van der Waals surface area contributed by atoms with Crippen molar-refractivity contribution in [1.29, 1.82) is 0 Å². The summed E-state index contributed by atoms with van der Waals surface area (Å²) in [6, 6.07) is 14.5. The minimum absolute atomic E-state index is 0.228. The first-order valence-corrected chi connectivity index (χ1v) is 11.0. The highest BCUT2D eigenvalue weighted by atomic mass is 35.5. The summed E-state index contributed by atoms with van der Waals surface area (Å²) in [5, 5.41) is 5.98. The molecule has 0 saturated carbocycles. The number of carbonyl (C=O) groups excluding carboxylic acids is 2. The lowest BCUT2D eigenvalue weighted by atomic mass is 10.1. The van der Waals surface area contributed by atoms with E-state index in [-0.39, 0.29) is 11.8 Å². The van der Waals surface area contributed by atoms with E-state index in [9.17, 15) is 9.59 Å². The predicted octanol–water partition coefficient (Wildman–Crippen LogP) is 4.15. The highest BCUT2D eigenvalue weighted by Gasteiger charge is 2.18. The van der Waals surface area contributed by atoms with Crippen LogP contribution in [0.4, 0.5) is 0 Å². The van der Waals surface area contributed by atoms with Gasteiger partial charge in [-0.2, -0.15) is 0 Å². The molecule has 0 radical (unpaired) electrons. The molecule has 0 bridgehead atoms. The molecule has 5 nitrogen and oxygen atoms in total. The molecule has 2 aromatic rings. The van der Waals surface area contributed by atoms with E-state index >= 15 is 0 Å². The number of amides is 2. The summed E-state index contributed by atoms with van der Waals surface area (Å²) >= 11 is 6.05. The molecule has 1 aliphatic heterocycles. The lowest BCUT2D eigenvalue weighted by Crippen LogP contribution is -2.44. The largest absolute Gasteiger partial charge is 0.350 e. The summed E-state index contributed by atoms with van der Waals surface area (Å²) in [5.41, 5.74) is 2.68. The van der Waals surface area contributed by atoms with Crippen LogP contribution in [0.25, 0.3) is 0 Å². The second-order valence-electron chi connectivity index (χ2n) is 7.90. The van der Waals surface area contributed by atoms with Gasteiger partial charge in [-0.05, 0) is 56.1 Å². The third-order valence-electron chi connectivity index (χ3n) is 5.42. The molecule has 0 aliphatic carbocycles. The van der Waals surface area contributed by atoms with Crippen LogP contribution in [0.2, 0.25) is 5.02 Å². The summed E-state index contributed by atoms with van der Waals surface area (Å²) < 4.78 is 0. The fourth-order valence-electron chi connectivity index (χ4n) is 3.72. The number of likely N-dealkylation sites (tertiary alicyclic amines) is 1. The van der Waals surface area contributed by atoms with Crippen molar-refractivity contribution in [3.8, 4) is 0 Å². The van der Waals surface area contributed by atoms with Gasteiger partial charge in [-0.25, -0.2) is 0 Å². The van der Waals surface area contributed by atoms with Gasteiger partial charge in [0, 0.05) is 13.1 Å². The maximum Gasteiger partial charge on any atom is 0.253 e. The van der Waals surface area contributed by atoms with E-state index in [1.807, 2.05) is 12.1 Å². The summed E-state index contributed by atoms with van der Waals surface area (Å²) in [7, 11) is 0. The Morgan fingerprint density at radius 2 is 1.70 bits per heavy atom. The maximum absolute atomic E-state index is 12.4. The zero-order chi connectivity index (χ0) is 21.3. The quantitative estimate of drug-likeness (QED) is 0.697. The molecule has 1 heterocycles. The van der Waals surface area contributed by atoms with Crippen LogP contribution < -0.4 is 10.6 Å². The first-order chi connectivity index (χ1) is 14.5. The minimum Gasteiger partial charge on any atom is -0.350 e. The van der Waals surface area contributed by atoms with Gasteiger partial charge in [0.25, 0.3) is 5.91 Å². The molecular weight excluding hydrogens is 398 g/mol. The number of carbonyl (C=O) groups is 2. The third-order valence-corrected chi connectivity index (χ3v) is 5.75. The monoisotopic (exact) mass is 427 g/mol. The van der Waals surface area contributed by atoms with Crippen molar-refractivity contribution in [3.63, 3.8) is 0 Å². The van der Waals surface area contributed by atoms with Crippen molar-refractivity contribution in [2.75, 3.05) is 13.1 Å². The van der Waals surface area contributed by atoms with Crippen LogP contribution in [0.5, 0.6) is 0 Å². The van der Waals surface area contributed by atoms with E-state index in [2.05, 4.69) is 27.7 Å². The van der Waals surface area contributed by atoms with E-state index in [4.69, 9.17) is 11.6 Å². The van der Waals surface area contributed by atoms with E-state index in [0.29, 0.717) is 17.1 Å². The number of nitrogens with one attached hydrogen (secondary N) is 2. The Balaban J connectivity index is 1.50. The zero-order valence-electron chi connectivity index (χ0n) is 17.5. The summed E-state index contributed by atoms with van der Waals surface area (Å²) in [6.45, 7) is 5.36. The van der Waals surface area contributed by atoms with Crippen molar-refractivity contribution in [2.45, 2.75) is 51.7 Å². The van der Waals surface area contributed by atoms with Crippen LogP contribution in [0.1, 0.15) is 54.1 Å². The van der Waals surface area contributed by atoms with Gasteiger partial charge in [-0.3, -0.25) is 14.5 Å². The SMILES string of the molecule is CC(NC(=O)c1ccccc1Cl)C(=O)NCc1cccc(CN2CCCCCC2)c1. The van der Waals surface area contributed by atoms with Crippen molar-refractivity contribution >= 4 is 23.4 Å². The van der Waals surface area contributed by atoms with E-state index in [1.165, 1.54) is 31.2 Å². The van der Waals surface area contributed by atoms with Gasteiger partial charge in [0.1, 0.15) is 6.04 Å². The lowest BCUT2D eigenvalue weighted by Gasteiger charge is -2.20. The summed E-state index contributed by atoms with van der Waals surface area (Å²) in [4.78, 5) is 27.3. The Labute approximate surface area is 183 Å². The van der Waals surface area contributed by atoms with E-state index < -0.39 is 6.04 Å². The molecule has 160 valence electrons. The summed E-state index contributed by atoms with van der Waals surface area (Å²) in [5.74, 6) is -0.587. The third kappa shape index (κ3) is 6.57. The fourth-order valence-corrected chi connectivity index (χ4v) is 3.94. The van der Waals surface area contributed by atoms with Crippen molar-refractivity contribution in [2.24, 2.45) is 0 Å². The average Bonchev–Trinajstić information content (AvgIpc) is 3.01. The highest BCUT2D eigenvalue weighted by Crippen LogP contribution is 2.15. The zero-order valence-corrected chi connectivity index (χ0v) is 18.3. The van der Waals surface area contributed by atoms with Gasteiger partial charge in [-0.1, -0.05) is 60.8 Å². The Morgan fingerprint density at radius 1 is 1.00 bits per heavy atom. The maximum atomic E-state index is 12.4. The standard InChI is InChI=1S/C24H30ClN3O2/c1-18(27-24(30)21-11-4-5-12-22(21)25)23(29)26-16-19-9-8-10-20(15-19)17-28-13-6-2-3-7-14-28/h4-5,8-12,15,18H,2-3,6-7,13-14,16-17H2,1H3,(H,26,29)(H,27,30). The predicted molar refractivity (Wildman–Crippen MR) is 120 cm³/mol. The number of nitrogens with zero attached hydrogens (tertiary/aromatic N) is 1. The Bertz CT molecular complexity index is 863. The molecule has 1 aliphatic rings. The molecule has 3 rings (SSSR count). The van der Waals surface area contributed by atoms with Gasteiger partial charge >= 0.3 is 0 Å². The normalized spacial score (nSPS) is 15.8. The molecule has 30 heavy (non-hydrogen) atoms. The molecule has 2 N–H and O–H groups in total. The number of hydrogen-bond donors (Lipinski definition) is 2. The van der Waals surface area contributed by atoms with Crippen LogP contribution in [-0.4, -0.2) is 35.8 Å². The smallest absolute Gasteiger partial charge is 0.253 e. The first-order valence-electron chi connectivity index (χ1n) is 10.7. The van der Waals surface area contributed by atoms with Gasteiger partial charge < -0.3 is 10.6 Å². The molecule has 2 amide bonds. The van der Waals surface area contributed by atoms with Crippen LogP contribution in [0, 0.1) is 0 Å². The molecule has 0 spiro atoms. The van der Waals surface area contributed by atoms with E-state index in [1.54, 1.807) is 31.2 Å². The number of rotatable bonds is 7. The topological polar surface area (TPSA) is 61.4 Å². The summed E-state index contributed by atoms with van der Waals surface area (Å²) in [6.07, 6.45) is 5.20. The van der Waals surface area contributed by atoms with Crippen LogP contribution >= 0.6 is 11.6 Å². The van der Waals surface area contributed by atoms with Crippen LogP contribution in [0.15, 0.2) is 48.5 Å². The average molecular weight is 428 g/mol. The second kappa shape index (κ2) is 11.1. The van der Waals surface area contributed by atoms with Gasteiger partial charge in [0.2, 0.25) is 5.91 Å². The molecule has 1 atom stereocenters. The molecule has 2 aromatic carbocycles. The van der Waals surface area contributed by atoms with E-state index in [0.717, 1.165) is 25.2 Å². The van der Waals surface area contributed by atoms with Gasteiger partial charge in [0.15, 0.2) is 0 Å². The Morgan fingerprint density at radius 3 is 2.43 bits per heavy atom. The number of benzene rings is 2. The number of halogens is 1. The molecule has 6 heteroatoms. The molecule has 1 unspecified atom stereocenters. The lowest BCUT2D eigenvalue weighted by molar-refractivity contribution is -0.122. The molecule has 1 saturated heterocycles. The Hall–Kier alpha value is -2.37. The highest BCUT2D eigenvalue weighted by molar-refractivity contribution is 6.33. The molecular formula is C24H30ClN3O2. The first kappa shape index (κ1) is 22.3. The van der Waals surface area contributed by atoms with Crippen LogP contribution in [-0.2, 0) is 17.9 Å². The van der Waals surface area contributed by atoms with Crippen molar-refractivity contribution in [1.82, 2.24) is 15.5 Å². The molecule has 1 fully saturated rings. The van der Waals surface area contributed by atoms with Crippen molar-refractivity contribution in [3.05, 3.63) is 70.2 Å². The number of hydrogen-bond acceptors (Lipinski definition) is 3. The van der Waals surface area contributed by atoms with Crippen molar-refractivity contribution < 1.29 is 9.59 Å². The minimum atomic E-state index is -0.658. The van der Waals surface area contributed by atoms with Gasteiger partial charge in [0.05, 0.1) is 10.6 Å². The molecule has 0 aromatic heterocycles. The Kier molecular flexibility index (Phi) is 8.29. The van der Waals surface area contributed by atoms with Gasteiger partial charge in [-0.15, -0.1) is 0 Å². The second-order valence-corrected chi connectivity index (χ2v) is 8.31.